The van der Waals surface area contributed by atoms with E-state index < -0.39 is 15.9 Å². The van der Waals surface area contributed by atoms with Gasteiger partial charge < -0.3 is 9.50 Å². The summed E-state index contributed by atoms with van der Waals surface area (Å²) >= 11 is 0. The number of nitrogens with zero attached hydrogens (tertiary/aromatic N) is 2. The van der Waals surface area contributed by atoms with Gasteiger partial charge in [0.1, 0.15) is 33.6 Å². The lowest BCUT2D eigenvalue weighted by atomic mass is 10.1. The fraction of sp³-hybridized carbons (Fsp3) is 0.0385. The molecular weight excluding hydrogens is 453 g/mol. The van der Waals surface area contributed by atoms with Crippen molar-refractivity contribution in [3.8, 4) is 17.0 Å². The van der Waals surface area contributed by atoms with Crippen molar-refractivity contribution in [1.82, 2.24) is 9.38 Å². The van der Waals surface area contributed by atoms with E-state index in [4.69, 9.17) is 9.17 Å². The molecule has 0 amide bonds. The third kappa shape index (κ3) is 4.49. The Morgan fingerprint density at radius 2 is 1.56 bits per heavy atom. The van der Waals surface area contributed by atoms with Crippen LogP contribution in [0.4, 0.5) is 10.2 Å². The minimum atomic E-state index is -4.07. The Hall–Kier alpha value is -4.17. The maximum Gasteiger partial charge on any atom is 0.339 e. The first-order chi connectivity index (χ1) is 16.5. The van der Waals surface area contributed by atoms with Gasteiger partial charge in [-0.15, -0.1) is 0 Å². The van der Waals surface area contributed by atoms with Gasteiger partial charge in [0.25, 0.3) is 0 Å². The Labute approximate surface area is 196 Å². The van der Waals surface area contributed by atoms with Crippen molar-refractivity contribution >= 4 is 21.6 Å². The standard InChI is InChI=1S/C26H20FN3O3S/c27-21-11-15-23(16-12-21)34(31,32)33-22-13-9-20(10-14-22)25-26(28-18-19-6-2-1-3-7-19)30-17-5-4-8-24(30)29-25/h1-17,28H,18H2. The average Bonchev–Trinajstić information content (AvgIpc) is 3.22. The quantitative estimate of drug-likeness (QED) is 0.315. The van der Waals surface area contributed by atoms with Gasteiger partial charge in [0.15, 0.2) is 0 Å². The number of nitrogens with one attached hydrogen (secondary N) is 1. The fourth-order valence-corrected chi connectivity index (χ4v) is 4.52. The molecule has 5 rings (SSSR count). The van der Waals surface area contributed by atoms with Crippen molar-refractivity contribution in [3.63, 3.8) is 0 Å². The van der Waals surface area contributed by atoms with Crippen LogP contribution in [0.25, 0.3) is 16.9 Å². The highest BCUT2D eigenvalue weighted by molar-refractivity contribution is 7.87. The van der Waals surface area contributed by atoms with Crippen LogP contribution in [0.1, 0.15) is 5.56 Å². The molecule has 170 valence electrons. The molecule has 0 spiro atoms. The Kier molecular flexibility index (Phi) is 5.73. The normalized spacial score (nSPS) is 11.4. The Morgan fingerprint density at radius 3 is 2.29 bits per heavy atom. The summed E-state index contributed by atoms with van der Waals surface area (Å²) in [6, 6.07) is 27.0. The lowest BCUT2D eigenvalue weighted by Crippen LogP contribution is -2.09. The van der Waals surface area contributed by atoms with E-state index in [1.807, 2.05) is 59.1 Å². The first kappa shape index (κ1) is 21.7. The van der Waals surface area contributed by atoms with Gasteiger partial charge in [-0.2, -0.15) is 8.42 Å². The van der Waals surface area contributed by atoms with Crippen LogP contribution in [0.3, 0.4) is 0 Å². The van der Waals surface area contributed by atoms with Gasteiger partial charge in [-0.3, -0.25) is 4.40 Å². The van der Waals surface area contributed by atoms with E-state index in [1.165, 1.54) is 12.1 Å². The van der Waals surface area contributed by atoms with Crippen molar-refractivity contribution < 1.29 is 17.0 Å². The van der Waals surface area contributed by atoms with Gasteiger partial charge in [0.05, 0.1) is 0 Å². The molecule has 0 radical (unpaired) electrons. The zero-order chi connectivity index (χ0) is 23.5. The van der Waals surface area contributed by atoms with E-state index in [0.717, 1.165) is 40.4 Å². The molecule has 0 unspecified atom stereocenters. The molecular formula is C26H20FN3O3S. The van der Waals surface area contributed by atoms with Crippen LogP contribution in [-0.4, -0.2) is 17.8 Å². The van der Waals surface area contributed by atoms with Crippen LogP contribution in [0.2, 0.25) is 0 Å². The number of rotatable bonds is 7. The van der Waals surface area contributed by atoms with Gasteiger partial charge >= 0.3 is 10.1 Å². The van der Waals surface area contributed by atoms with Crippen molar-refractivity contribution in [2.75, 3.05) is 5.32 Å². The van der Waals surface area contributed by atoms with Gasteiger partial charge in [-0.1, -0.05) is 36.4 Å². The second-order valence-electron chi connectivity index (χ2n) is 7.59. The third-order valence-electron chi connectivity index (χ3n) is 5.27. The predicted molar refractivity (Wildman–Crippen MR) is 129 cm³/mol. The minimum absolute atomic E-state index is 0.120. The average molecular weight is 474 g/mol. The van der Waals surface area contributed by atoms with Crippen LogP contribution in [0.5, 0.6) is 5.75 Å². The maximum absolute atomic E-state index is 13.1. The summed E-state index contributed by atoms with van der Waals surface area (Å²) in [7, 11) is -4.07. The first-order valence-electron chi connectivity index (χ1n) is 10.5. The van der Waals surface area contributed by atoms with Crippen LogP contribution in [0.15, 0.2) is 108 Å². The van der Waals surface area contributed by atoms with E-state index in [2.05, 4.69) is 5.32 Å². The molecule has 2 aromatic heterocycles. The smallest absolute Gasteiger partial charge is 0.339 e. The third-order valence-corrected chi connectivity index (χ3v) is 6.53. The number of hydrogen-bond acceptors (Lipinski definition) is 5. The highest BCUT2D eigenvalue weighted by atomic mass is 32.2. The summed E-state index contributed by atoms with van der Waals surface area (Å²) in [6.45, 7) is 0.619. The molecule has 5 aromatic rings. The van der Waals surface area contributed by atoms with Crippen molar-refractivity contribution in [2.24, 2.45) is 0 Å². The van der Waals surface area contributed by atoms with Crippen molar-refractivity contribution in [2.45, 2.75) is 11.4 Å². The molecule has 8 heteroatoms. The monoisotopic (exact) mass is 473 g/mol. The summed E-state index contributed by atoms with van der Waals surface area (Å²) < 4.78 is 45.3. The molecule has 0 saturated heterocycles. The van der Waals surface area contributed by atoms with Crippen molar-refractivity contribution in [1.29, 1.82) is 0 Å². The zero-order valence-electron chi connectivity index (χ0n) is 17.9. The lowest BCUT2D eigenvalue weighted by Gasteiger charge is -2.10. The predicted octanol–water partition coefficient (Wildman–Crippen LogP) is 5.52. The number of pyridine rings is 1. The molecule has 0 fully saturated rings. The molecule has 34 heavy (non-hydrogen) atoms. The molecule has 0 aliphatic carbocycles. The van der Waals surface area contributed by atoms with Gasteiger partial charge in [-0.25, -0.2) is 9.37 Å². The molecule has 6 nitrogen and oxygen atoms in total. The van der Waals surface area contributed by atoms with Gasteiger partial charge in [-0.05, 0) is 66.2 Å². The zero-order valence-corrected chi connectivity index (χ0v) is 18.7. The molecule has 0 aliphatic rings. The van der Waals surface area contributed by atoms with E-state index in [0.29, 0.717) is 6.54 Å². The number of halogens is 1. The second-order valence-corrected chi connectivity index (χ2v) is 9.14. The summed E-state index contributed by atoms with van der Waals surface area (Å²) in [5, 5.41) is 3.47. The molecule has 0 aliphatic heterocycles. The van der Waals surface area contributed by atoms with E-state index in [-0.39, 0.29) is 10.6 Å². The minimum Gasteiger partial charge on any atom is -0.379 e. The number of anilines is 1. The Morgan fingerprint density at radius 1 is 0.853 bits per heavy atom. The second kappa shape index (κ2) is 8.99. The van der Waals surface area contributed by atoms with E-state index in [9.17, 15) is 12.8 Å². The van der Waals surface area contributed by atoms with Crippen LogP contribution < -0.4 is 9.50 Å². The van der Waals surface area contributed by atoms with Crippen LogP contribution in [-0.2, 0) is 16.7 Å². The van der Waals surface area contributed by atoms with E-state index in [1.54, 1.807) is 24.3 Å². The van der Waals surface area contributed by atoms with Gasteiger partial charge in [0, 0.05) is 18.3 Å². The lowest BCUT2D eigenvalue weighted by molar-refractivity contribution is 0.486. The highest BCUT2D eigenvalue weighted by Gasteiger charge is 2.18. The number of fused-ring (bicyclic) bond motifs is 1. The maximum atomic E-state index is 13.1. The summed E-state index contributed by atoms with van der Waals surface area (Å²) in [6.07, 6.45) is 1.94. The number of aromatic nitrogens is 2. The summed E-state index contributed by atoms with van der Waals surface area (Å²) in [5.41, 5.74) is 3.45. The van der Waals surface area contributed by atoms with Crippen LogP contribution >= 0.6 is 0 Å². The first-order valence-corrected chi connectivity index (χ1v) is 12.0. The Balaban J connectivity index is 1.43. The topological polar surface area (TPSA) is 72.7 Å². The number of imidazole rings is 1. The Bertz CT molecular complexity index is 1530. The highest BCUT2D eigenvalue weighted by Crippen LogP contribution is 2.31. The summed E-state index contributed by atoms with van der Waals surface area (Å²) in [4.78, 5) is 4.64. The largest absolute Gasteiger partial charge is 0.379 e. The molecule has 3 aromatic carbocycles. The molecule has 0 saturated carbocycles. The van der Waals surface area contributed by atoms with E-state index >= 15 is 0 Å². The van der Waals surface area contributed by atoms with Crippen LogP contribution in [0, 0.1) is 5.82 Å². The SMILES string of the molecule is O=S(=O)(Oc1ccc(-c2nc3ccccn3c2NCc2ccccc2)cc1)c1ccc(F)cc1. The molecule has 1 N–H and O–H groups in total. The molecule has 0 atom stereocenters. The number of benzene rings is 3. The number of hydrogen-bond donors (Lipinski definition) is 1. The molecule has 0 bridgehead atoms. The van der Waals surface area contributed by atoms with Crippen molar-refractivity contribution in [3.05, 3.63) is 115 Å². The fourth-order valence-electron chi connectivity index (χ4n) is 3.59. The molecule has 2 heterocycles. The summed E-state index contributed by atoms with van der Waals surface area (Å²) in [5.74, 6) is 0.454. The van der Waals surface area contributed by atoms with Gasteiger partial charge in [0.2, 0.25) is 0 Å².